The van der Waals surface area contributed by atoms with Crippen LogP contribution in [0.3, 0.4) is 0 Å². The molecule has 1 aliphatic heterocycles. The molecular weight excluding hydrogens is 414 g/mol. The fourth-order valence-electron chi connectivity index (χ4n) is 5.02. The van der Waals surface area contributed by atoms with Gasteiger partial charge < -0.3 is 19.5 Å². The lowest BCUT2D eigenvalue weighted by atomic mass is 9.85. The lowest BCUT2D eigenvalue weighted by Crippen LogP contribution is -2.34. The Balaban J connectivity index is 1.93. The lowest BCUT2D eigenvalue weighted by Gasteiger charge is -2.36. The molecule has 1 aliphatic rings. The number of benzene rings is 1. The quantitative estimate of drug-likeness (QED) is 0.480. The van der Waals surface area contributed by atoms with Crippen LogP contribution in [0.2, 0.25) is 0 Å². The van der Waals surface area contributed by atoms with E-state index in [1.807, 2.05) is 0 Å². The number of aromatic nitrogens is 1. The Hall–Kier alpha value is -2.53. The summed E-state index contributed by atoms with van der Waals surface area (Å²) in [5, 5.41) is 20.8. The minimum Gasteiger partial charge on any atom is -0.508 e. The van der Waals surface area contributed by atoms with Crippen LogP contribution in [-0.4, -0.2) is 20.9 Å². The smallest absolute Gasteiger partial charge is 0.259 e. The molecule has 0 amide bonds. The fraction of sp³-hybridized carbons (Fsp3) is 0.536. The third-order valence-corrected chi connectivity index (χ3v) is 7.06. The Labute approximate surface area is 197 Å². The fourth-order valence-corrected chi connectivity index (χ4v) is 5.02. The van der Waals surface area contributed by atoms with Crippen molar-refractivity contribution in [2.45, 2.75) is 72.5 Å². The Kier molecular flexibility index (Phi) is 8.06. The van der Waals surface area contributed by atoms with Gasteiger partial charge in [0.05, 0.1) is 17.8 Å². The molecule has 3 rings (SSSR count). The highest BCUT2D eigenvalue weighted by Gasteiger charge is 2.34. The van der Waals surface area contributed by atoms with E-state index in [1.54, 1.807) is 37.5 Å². The van der Waals surface area contributed by atoms with Gasteiger partial charge in [-0.2, -0.15) is 0 Å². The first-order valence-electron chi connectivity index (χ1n) is 12.2. The van der Waals surface area contributed by atoms with Crippen molar-refractivity contribution in [3.05, 3.63) is 58.0 Å². The third kappa shape index (κ3) is 5.70. The van der Waals surface area contributed by atoms with Gasteiger partial charge in [-0.3, -0.25) is 4.79 Å². The first kappa shape index (κ1) is 25.1. The van der Waals surface area contributed by atoms with Gasteiger partial charge in [0.2, 0.25) is 0 Å². The first-order valence-corrected chi connectivity index (χ1v) is 12.2. The molecule has 2 aromatic rings. The lowest BCUT2D eigenvalue weighted by molar-refractivity contribution is -0.0631. The monoisotopic (exact) mass is 453 g/mol. The highest BCUT2D eigenvalue weighted by Crippen LogP contribution is 2.42. The number of allylic oxidation sites excluding steroid dienone is 1. The minimum absolute atomic E-state index is 0.0335. The molecule has 1 aromatic carbocycles. The summed E-state index contributed by atoms with van der Waals surface area (Å²) in [5.41, 5.74) is 2.58. The summed E-state index contributed by atoms with van der Waals surface area (Å²) in [6.45, 7) is 11.1. The normalized spacial score (nSPS) is 23.3. The second kappa shape index (κ2) is 10.6. The van der Waals surface area contributed by atoms with Crippen LogP contribution in [0.25, 0.3) is 11.1 Å². The second-order valence-electron chi connectivity index (χ2n) is 10.0. The second-order valence-corrected chi connectivity index (χ2v) is 10.0. The molecule has 0 bridgehead atoms. The molecule has 2 N–H and O–H groups in total. The summed E-state index contributed by atoms with van der Waals surface area (Å²) in [7, 11) is 1.69. The van der Waals surface area contributed by atoms with Crippen molar-refractivity contribution in [1.29, 1.82) is 0 Å². The Morgan fingerprint density at radius 1 is 1.21 bits per heavy atom. The average molecular weight is 454 g/mol. The van der Waals surface area contributed by atoms with E-state index in [0.717, 1.165) is 18.4 Å². The zero-order valence-corrected chi connectivity index (χ0v) is 20.8. The zero-order chi connectivity index (χ0) is 24.3. The van der Waals surface area contributed by atoms with E-state index in [1.165, 1.54) is 16.6 Å². The molecule has 33 heavy (non-hydrogen) atoms. The molecule has 5 atom stereocenters. The van der Waals surface area contributed by atoms with Crippen LogP contribution in [0.15, 0.2) is 46.9 Å². The zero-order valence-electron chi connectivity index (χ0n) is 20.8. The Morgan fingerprint density at radius 3 is 2.52 bits per heavy atom. The van der Waals surface area contributed by atoms with Crippen LogP contribution in [-0.2, 0) is 11.8 Å². The van der Waals surface area contributed by atoms with E-state index in [-0.39, 0.29) is 23.2 Å². The maximum atomic E-state index is 13.1. The molecule has 2 heterocycles. The van der Waals surface area contributed by atoms with E-state index in [4.69, 9.17) is 4.74 Å². The number of aryl methyl sites for hydroxylation is 1. The standard InChI is InChI=1S/C28H39NO4/c1-7-17(2)14-18(3)15-20(5)27-19(4)8-13-24(33-27)25-26(31)23(16-29(6)28(25)32)21-9-11-22(30)12-10-21/h9-12,15-19,24,27,30-31H,7-8,13-14H2,1-6H3/b20-15+/t17?,18?,19-,24+,27-/m1/s1. The molecule has 0 spiro atoms. The number of pyridine rings is 1. The maximum absolute atomic E-state index is 13.1. The number of hydrogen-bond donors (Lipinski definition) is 2. The Morgan fingerprint density at radius 2 is 1.88 bits per heavy atom. The van der Waals surface area contributed by atoms with Gasteiger partial charge in [-0.1, -0.05) is 52.3 Å². The Bertz CT molecular complexity index is 1040. The molecule has 180 valence electrons. The molecule has 0 aliphatic carbocycles. The van der Waals surface area contributed by atoms with Crippen molar-refractivity contribution in [2.24, 2.45) is 24.8 Å². The van der Waals surface area contributed by atoms with Crippen molar-refractivity contribution >= 4 is 0 Å². The molecule has 0 radical (unpaired) electrons. The number of rotatable bonds is 7. The van der Waals surface area contributed by atoms with Crippen LogP contribution >= 0.6 is 0 Å². The number of phenols is 1. The first-order chi connectivity index (χ1) is 15.6. The predicted molar refractivity (Wildman–Crippen MR) is 133 cm³/mol. The largest absolute Gasteiger partial charge is 0.508 e. The number of aromatic hydroxyl groups is 2. The van der Waals surface area contributed by atoms with Crippen LogP contribution in [0.5, 0.6) is 11.5 Å². The molecule has 1 fully saturated rings. The summed E-state index contributed by atoms with van der Waals surface area (Å²) in [5.74, 6) is 1.62. The van der Waals surface area contributed by atoms with Gasteiger partial charge >= 0.3 is 0 Å². The average Bonchev–Trinajstić information content (AvgIpc) is 2.77. The SMILES string of the molecule is CCC(C)CC(C)/C=C(\C)[C@@H]1O[C@H](c2c(O)c(-c3ccc(O)cc3)cn(C)c2=O)CC[C@H]1C. The van der Waals surface area contributed by atoms with Gasteiger partial charge in [0.1, 0.15) is 11.5 Å². The van der Waals surface area contributed by atoms with E-state index < -0.39 is 6.10 Å². The molecule has 5 nitrogen and oxygen atoms in total. The molecule has 1 aromatic heterocycles. The molecule has 5 heteroatoms. The van der Waals surface area contributed by atoms with E-state index in [2.05, 4.69) is 40.7 Å². The maximum Gasteiger partial charge on any atom is 0.259 e. The molecular formula is C28H39NO4. The van der Waals surface area contributed by atoms with Crippen LogP contribution in [0.1, 0.15) is 72.0 Å². The van der Waals surface area contributed by atoms with Crippen molar-refractivity contribution in [2.75, 3.05) is 0 Å². The van der Waals surface area contributed by atoms with Gasteiger partial charge in [0.15, 0.2) is 0 Å². The highest BCUT2D eigenvalue weighted by atomic mass is 16.5. The molecule has 2 unspecified atom stereocenters. The van der Waals surface area contributed by atoms with Gasteiger partial charge in [-0.25, -0.2) is 0 Å². The van der Waals surface area contributed by atoms with Gasteiger partial charge in [0.25, 0.3) is 5.56 Å². The molecule has 1 saturated heterocycles. The molecule has 0 saturated carbocycles. The third-order valence-electron chi connectivity index (χ3n) is 7.06. The van der Waals surface area contributed by atoms with Crippen molar-refractivity contribution in [3.8, 4) is 22.6 Å². The van der Waals surface area contributed by atoms with Crippen molar-refractivity contribution in [1.82, 2.24) is 4.57 Å². The van der Waals surface area contributed by atoms with Crippen molar-refractivity contribution in [3.63, 3.8) is 0 Å². The van der Waals surface area contributed by atoms with Gasteiger partial charge in [-0.15, -0.1) is 0 Å². The number of hydrogen-bond acceptors (Lipinski definition) is 4. The van der Waals surface area contributed by atoms with E-state index in [0.29, 0.717) is 35.3 Å². The van der Waals surface area contributed by atoms with Gasteiger partial charge in [0, 0.05) is 18.8 Å². The summed E-state index contributed by atoms with van der Waals surface area (Å²) in [6.07, 6.45) is 7.35. The van der Waals surface area contributed by atoms with E-state index >= 15 is 0 Å². The number of nitrogens with zero attached hydrogens (tertiary/aromatic N) is 1. The van der Waals surface area contributed by atoms with E-state index in [9.17, 15) is 15.0 Å². The number of ether oxygens (including phenoxy) is 1. The topological polar surface area (TPSA) is 71.7 Å². The summed E-state index contributed by atoms with van der Waals surface area (Å²) < 4.78 is 8.03. The van der Waals surface area contributed by atoms with Crippen LogP contribution < -0.4 is 5.56 Å². The van der Waals surface area contributed by atoms with Crippen LogP contribution in [0.4, 0.5) is 0 Å². The van der Waals surface area contributed by atoms with Crippen molar-refractivity contribution < 1.29 is 14.9 Å². The highest BCUT2D eigenvalue weighted by molar-refractivity contribution is 5.71. The summed E-state index contributed by atoms with van der Waals surface area (Å²) in [6, 6.07) is 6.61. The van der Waals surface area contributed by atoms with Crippen LogP contribution in [0, 0.1) is 17.8 Å². The summed E-state index contributed by atoms with van der Waals surface area (Å²) in [4.78, 5) is 13.1. The summed E-state index contributed by atoms with van der Waals surface area (Å²) >= 11 is 0. The van der Waals surface area contributed by atoms with Gasteiger partial charge in [-0.05, 0) is 67.2 Å². The predicted octanol–water partition coefficient (Wildman–Crippen LogP) is 6.34. The minimum atomic E-state index is -0.463. The number of phenolic OH excluding ortho intramolecular Hbond substituents is 1.